The topological polar surface area (TPSA) is 36.8 Å². The number of nitrogens with one attached hydrogen (secondary N) is 1. The Bertz CT molecular complexity index is 1450. The summed E-state index contributed by atoms with van der Waals surface area (Å²) in [6.07, 6.45) is 1.96. The van der Waals surface area contributed by atoms with Crippen LogP contribution in [0.25, 0.3) is 0 Å². The Balaban J connectivity index is 1.13. The zero-order valence-electron chi connectivity index (χ0n) is 22.9. The van der Waals surface area contributed by atoms with Crippen LogP contribution in [-0.4, -0.2) is 21.2 Å². The van der Waals surface area contributed by atoms with Crippen LogP contribution in [0.4, 0.5) is 11.4 Å². The molecule has 4 aromatic carbocycles. The average molecular weight is 548 g/mol. The van der Waals surface area contributed by atoms with Gasteiger partial charge in [-0.25, -0.2) is 0 Å². The van der Waals surface area contributed by atoms with Crippen LogP contribution in [0, 0.1) is 0 Å². The molecule has 0 radical (unpaired) electrons. The zero-order valence-corrected chi connectivity index (χ0v) is 24.5. The summed E-state index contributed by atoms with van der Waals surface area (Å²) in [7, 11) is 0. The van der Waals surface area contributed by atoms with Gasteiger partial charge in [0, 0.05) is 32.3 Å². The van der Waals surface area contributed by atoms with Gasteiger partial charge in [0.05, 0.1) is 11.1 Å². The van der Waals surface area contributed by atoms with Gasteiger partial charge in [-0.15, -0.1) is 0 Å². The molecule has 0 spiro atoms. The Morgan fingerprint density at radius 3 is 1.33 bits per heavy atom. The molecule has 2 aliphatic rings. The maximum absolute atomic E-state index is 5.06. The van der Waals surface area contributed by atoms with Crippen LogP contribution in [0.15, 0.2) is 117 Å². The molecule has 2 aliphatic heterocycles. The van der Waals surface area contributed by atoms with Gasteiger partial charge < -0.3 is 5.32 Å². The predicted octanol–water partition coefficient (Wildman–Crippen LogP) is 9.18. The number of thioether (sulfide) groups is 2. The first kappa shape index (κ1) is 26.0. The second-order valence-corrected chi connectivity index (χ2v) is 13.6. The lowest BCUT2D eigenvalue weighted by Gasteiger charge is -2.28. The van der Waals surface area contributed by atoms with E-state index in [9.17, 15) is 0 Å². The summed E-state index contributed by atoms with van der Waals surface area (Å²) in [5, 5.41) is 5.75. The number of rotatable bonds is 4. The number of anilines is 2. The van der Waals surface area contributed by atoms with Gasteiger partial charge in [0.2, 0.25) is 0 Å². The summed E-state index contributed by atoms with van der Waals surface area (Å²) in [6, 6.07) is 34.5. The first-order valence-corrected chi connectivity index (χ1v) is 15.1. The summed E-state index contributed by atoms with van der Waals surface area (Å²) >= 11 is 3.49. The van der Waals surface area contributed by atoms with Crippen molar-refractivity contribution in [1.82, 2.24) is 0 Å². The summed E-state index contributed by atoms with van der Waals surface area (Å²) in [5.74, 6) is 0. The van der Waals surface area contributed by atoms with Gasteiger partial charge in [0.1, 0.15) is 10.1 Å². The van der Waals surface area contributed by atoms with Gasteiger partial charge in [-0.2, -0.15) is 0 Å². The van der Waals surface area contributed by atoms with Crippen LogP contribution in [0.5, 0.6) is 0 Å². The highest BCUT2D eigenvalue weighted by Crippen LogP contribution is 2.36. The Morgan fingerprint density at radius 2 is 0.923 bits per heavy atom. The summed E-state index contributed by atoms with van der Waals surface area (Å²) in [4.78, 5) is 12.5. The summed E-state index contributed by atoms with van der Waals surface area (Å²) in [6.45, 7) is 8.84. The number of nitrogens with zero attached hydrogens (tertiary/aromatic N) is 2. The van der Waals surface area contributed by atoms with Crippen LogP contribution >= 0.6 is 23.5 Å². The van der Waals surface area contributed by atoms with E-state index in [1.54, 1.807) is 23.5 Å². The zero-order chi connectivity index (χ0) is 27.0. The third-order valence-electron chi connectivity index (χ3n) is 6.98. The van der Waals surface area contributed by atoms with E-state index in [2.05, 4.69) is 130 Å². The number of aliphatic imine (C=N–C) groups is 2. The molecule has 5 heteroatoms. The Morgan fingerprint density at radius 1 is 0.538 bits per heavy atom. The molecule has 6 rings (SSSR count). The molecule has 1 N–H and O–H groups in total. The smallest absolute Gasteiger partial charge is 0.103 e. The first-order valence-electron chi connectivity index (χ1n) is 13.4. The molecule has 4 aromatic rings. The maximum Gasteiger partial charge on any atom is 0.103 e. The molecule has 0 saturated carbocycles. The predicted molar refractivity (Wildman–Crippen MR) is 169 cm³/mol. The SMILES string of the molecule is CC1(C)Cc2ccccc2C(Sc2ccc(Nc3ccc(SC4=NC(C)(C)Cc5ccccc54)cc3)cc2)=N1. The molecule has 0 aromatic heterocycles. The fourth-order valence-corrected chi connectivity index (χ4v) is 7.40. The standard InChI is InChI=1S/C34H33N3S2/c1-33(2)21-23-9-5-7-11-29(23)31(36-33)38-27-17-13-25(14-18-27)35-26-15-19-28(20-16-26)39-32-30-12-8-6-10-24(30)22-34(3,4)37-32/h5-20,35H,21-22H2,1-4H3. The lowest BCUT2D eigenvalue weighted by molar-refractivity contribution is 0.515. The van der Waals surface area contributed by atoms with Crippen molar-refractivity contribution in [3.05, 3.63) is 119 Å². The van der Waals surface area contributed by atoms with Crippen LogP contribution in [-0.2, 0) is 12.8 Å². The van der Waals surface area contributed by atoms with Crippen LogP contribution in [0.1, 0.15) is 49.9 Å². The maximum atomic E-state index is 5.06. The molecule has 2 heterocycles. The summed E-state index contributed by atoms with van der Waals surface area (Å²) in [5.41, 5.74) is 7.25. The number of hydrogen-bond acceptors (Lipinski definition) is 5. The average Bonchev–Trinajstić information content (AvgIpc) is 2.90. The van der Waals surface area contributed by atoms with E-state index in [4.69, 9.17) is 9.98 Å². The van der Waals surface area contributed by atoms with Crippen molar-refractivity contribution in [3.63, 3.8) is 0 Å². The molecule has 39 heavy (non-hydrogen) atoms. The van der Waals surface area contributed by atoms with E-state index in [0.29, 0.717) is 0 Å². The fraction of sp³-hybridized carbons (Fsp3) is 0.235. The van der Waals surface area contributed by atoms with Gasteiger partial charge in [-0.05, 0) is 100 Å². The van der Waals surface area contributed by atoms with Crippen molar-refractivity contribution in [3.8, 4) is 0 Å². The van der Waals surface area contributed by atoms with Crippen molar-refractivity contribution in [2.24, 2.45) is 9.98 Å². The highest BCUT2D eigenvalue weighted by molar-refractivity contribution is 8.14. The van der Waals surface area contributed by atoms with E-state index >= 15 is 0 Å². The Kier molecular flexibility index (Phi) is 6.90. The highest BCUT2D eigenvalue weighted by atomic mass is 32.2. The van der Waals surface area contributed by atoms with Gasteiger partial charge >= 0.3 is 0 Å². The first-order chi connectivity index (χ1) is 18.7. The molecule has 0 saturated heterocycles. The minimum atomic E-state index is -0.0776. The lowest BCUT2D eigenvalue weighted by atomic mass is 9.90. The second kappa shape index (κ2) is 10.4. The van der Waals surface area contributed by atoms with Crippen molar-refractivity contribution in [1.29, 1.82) is 0 Å². The number of hydrogen-bond donors (Lipinski definition) is 1. The molecule has 0 fully saturated rings. The van der Waals surface area contributed by atoms with Gasteiger partial charge in [-0.1, -0.05) is 72.1 Å². The third kappa shape index (κ3) is 6.00. The Hall–Kier alpha value is -3.28. The minimum absolute atomic E-state index is 0.0776. The molecule has 3 nitrogen and oxygen atoms in total. The van der Waals surface area contributed by atoms with Crippen LogP contribution in [0.2, 0.25) is 0 Å². The normalized spacial score (nSPS) is 16.9. The van der Waals surface area contributed by atoms with E-state index < -0.39 is 0 Å². The number of benzene rings is 4. The molecular formula is C34H33N3S2. The van der Waals surface area contributed by atoms with Crippen molar-refractivity contribution < 1.29 is 0 Å². The second-order valence-electron chi connectivity index (χ2n) is 11.5. The molecule has 0 atom stereocenters. The highest BCUT2D eigenvalue weighted by Gasteiger charge is 2.28. The molecule has 196 valence electrons. The van der Waals surface area contributed by atoms with E-state index in [1.807, 2.05) is 0 Å². The van der Waals surface area contributed by atoms with Gasteiger partial charge in [0.15, 0.2) is 0 Å². The molecular weight excluding hydrogens is 515 g/mol. The van der Waals surface area contributed by atoms with E-state index in [-0.39, 0.29) is 11.1 Å². The van der Waals surface area contributed by atoms with Crippen molar-refractivity contribution in [2.75, 3.05) is 5.32 Å². The minimum Gasteiger partial charge on any atom is -0.356 e. The monoisotopic (exact) mass is 547 g/mol. The van der Waals surface area contributed by atoms with E-state index in [1.165, 1.54) is 32.0 Å². The molecule has 0 amide bonds. The molecule has 0 unspecified atom stereocenters. The van der Waals surface area contributed by atoms with Crippen LogP contribution in [0.3, 0.4) is 0 Å². The Labute approximate surface area is 240 Å². The largest absolute Gasteiger partial charge is 0.356 e. The quantitative estimate of drug-likeness (QED) is 0.277. The van der Waals surface area contributed by atoms with Crippen molar-refractivity contribution >= 4 is 45.0 Å². The summed E-state index contributed by atoms with van der Waals surface area (Å²) < 4.78 is 0. The number of fused-ring (bicyclic) bond motifs is 2. The van der Waals surface area contributed by atoms with Crippen molar-refractivity contribution in [2.45, 2.75) is 61.4 Å². The third-order valence-corrected chi connectivity index (χ3v) is 9.00. The van der Waals surface area contributed by atoms with Crippen LogP contribution < -0.4 is 5.32 Å². The van der Waals surface area contributed by atoms with Gasteiger partial charge in [-0.3, -0.25) is 9.98 Å². The van der Waals surface area contributed by atoms with Gasteiger partial charge in [0.25, 0.3) is 0 Å². The fourth-order valence-electron chi connectivity index (χ4n) is 5.21. The molecule has 0 aliphatic carbocycles. The van der Waals surface area contributed by atoms with E-state index in [0.717, 1.165) is 34.3 Å². The lowest BCUT2D eigenvalue weighted by Crippen LogP contribution is -2.27. The molecule has 0 bridgehead atoms.